The van der Waals surface area contributed by atoms with Gasteiger partial charge in [0.05, 0.1) is 5.69 Å². The molecule has 2 heterocycles. The predicted molar refractivity (Wildman–Crippen MR) is 102 cm³/mol. The summed E-state index contributed by atoms with van der Waals surface area (Å²) in [5.41, 5.74) is 2.34. The van der Waals surface area contributed by atoms with Crippen molar-refractivity contribution in [1.29, 1.82) is 0 Å². The van der Waals surface area contributed by atoms with Gasteiger partial charge in [0, 0.05) is 32.1 Å². The Kier molecular flexibility index (Phi) is 5.94. The summed E-state index contributed by atoms with van der Waals surface area (Å²) < 4.78 is 5.23. The second-order valence-electron chi connectivity index (χ2n) is 6.98. The molecule has 1 saturated heterocycles. The Morgan fingerprint density at radius 2 is 2.00 bits per heavy atom. The summed E-state index contributed by atoms with van der Waals surface area (Å²) in [6.07, 6.45) is 1.77. The van der Waals surface area contributed by atoms with Gasteiger partial charge in [0.2, 0.25) is 5.91 Å². The second-order valence-corrected chi connectivity index (χ2v) is 6.98. The minimum absolute atomic E-state index is 0.00519. The third-order valence-electron chi connectivity index (χ3n) is 5.22. The molecule has 1 aliphatic heterocycles. The van der Waals surface area contributed by atoms with Crippen LogP contribution in [-0.4, -0.2) is 45.9 Å². The monoisotopic (exact) mass is 369 g/mol. The highest BCUT2D eigenvalue weighted by molar-refractivity contribution is 5.96. The number of rotatable bonds is 5. The first-order valence-corrected chi connectivity index (χ1v) is 9.62. The molecule has 1 fully saturated rings. The molecule has 1 aliphatic rings. The van der Waals surface area contributed by atoms with Crippen molar-refractivity contribution in [1.82, 2.24) is 15.0 Å². The maximum absolute atomic E-state index is 13.1. The fourth-order valence-electron chi connectivity index (χ4n) is 3.64. The van der Waals surface area contributed by atoms with Crippen LogP contribution >= 0.6 is 0 Å². The van der Waals surface area contributed by atoms with Gasteiger partial charge in [-0.1, -0.05) is 49.3 Å². The van der Waals surface area contributed by atoms with Gasteiger partial charge in [-0.2, -0.15) is 0 Å². The van der Waals surface area contributed by atoms with E-state index in [0.717, 1.165) is 12.0 Å². The molecule has 6 heteroatoms. The van der Waals surface area contributed by atoms with Crippen molar-refractivity contribution in [2.75, 3.05) is 13.1 Å². The SMILES string of the molecule is CCc1noc(C)c1C(=O)N1CCC(=O)N(Cc2ccccc2)C(CC)C1. The largest absolute Gasteiger partial charge is 0.361 e. The average molecular weight is 369 g/mol. The Labute approximate surface area is 160 Å². The zero-order chi connectivity index (χ0) is 19.4. The lowest BCUT2D eigenvalue weighted by Gasteiger charge is -2.31. The van der Waals surface area contributed by atoms with Gasteiger partial charge in [0.1, 0.15) is 11.3 Å². The van der Waals surface area contributed by atoms with Gasteiger partial charge in [-0.25, -0.2) is 0 Å². The van der Waals surface area contributed by atoms with E-state index in [9.17, 15) is 9.59 Å². The zero-order valence-corrected chi connectivity index (χ0v) is 16.3. The lowest BCUT2D eigenvalue weighted by molar-refractivity contribution is -0.133. The van der Waals surface area contributed by atoms with E-state index < -0.39 is 0 Å². The number of aromatic nitrogens is 1. The van der Waals surface area contributed by atoms with Crippen molar-refractivity contribution >= 4 is 11.8 Å². The van der Waals surface area contributed by atoms with Crippen LogP contribution in [0.4, 0.5) is 0 Å². The fourth-order valence-corrected chi connectivity index (χ4v) is 3.64. The van der Waals surface area contributed by atoms with E-state index in [0.29, 0.717) is 49.5 Å². The van der Waals surface area contributed by atoms with E-state index in [-0.39, 0.29) is 17.9 Å². The van der Waals surface area contributed by atoms with Crippen LogP contribution in [0.25, 0.3) is 0 Å². The maximum atomic E-state index is 13.1. The topological polar surface area (TPSA) is 66.7 Å². The summed E-state index contributed by atoms with van der Waals surface area (Å²) in [4.78, 5) is 29.6. The molecule has 1 atom stereocenters. The number of carbonyl (C=O) groups is 2. The van der Waals surface area contributed by atoms with Crippen LogP contribution in [0.3, 0.4) is 0 Å². The quantitative estimate of drug-likeness (QED) is 0.812. The molecule has 0 aliphatic carbocycles. The van der Waals surface area contributed by atoms with Crippen LogP contribution in [0, 0.1) is 6.92 Å². The summed E-state index contributed by atoms with van der Waals surface area (Å²) >= 11 is 0. The molecule has 0 radical (unpaired) electrons. The number of aryl methyl sites for hydroxylation is 2. The first-order chi connectivity index (χ1) is 13.0. The molecule has 0 spiro atoms. The highest BCUT2D eigenvalue weighted by Gasteiger charge is 2.33. The summed E-state index contributed by atoms with van der Waals surface area (Å²) in [6, 6.07) is 9.99. The number of nitrogens with zero attached hydrogens (tertiary/aromatic N) is 3. The van der Waals surface area contributed by atoms with Crippen LogP contribution in [0.1, 0.15) is 54.1 Å². The molecule has 1 aromatic carbocycles. The molecule has 144 valence electrons. The van der Waals surface area contributed by atoms with E-state index in [1.807, 2.05) is 42.2 Å². The molecule has 27 heavy (non-hydrogen) atoms. The van der Waals surface area contributed by atoms with E-state index in [1.54, 1.807) is 11.8 Å². The summed E-state index contributed by atoms with van der Waals surface area (Å²) in [7, 11) is 0. The number of hydrogen-bond donors (Lipinski definition) is 0. The normalized spacial score (nSPS) is 17.9. The van der Waals surface area contributed by atoms with Crippen LogP contribution in [0.15, 0.2) is 34.9 Å². The minimum atomic E-state index is -0.0848. The third kappa shape index (κ3) is 4.04. The number of benzene rings is 1. The molecular weight excluding hydrogens is 342 g/mol. The van der Waals surface area contributed by atoms with Crippen molar-refractivity contribution in [2.45, 2.75) is 52.6 Å². The van der Waals surface area contributed by atoms with Crippen molar-refractivity contribution in [2.24, 2.45) is 0 Å². The summed E-state index contributed by atoms with van der Waals surface area (Å²) in [5, 5.41) is 4.00. The Bertz CT molecular complexity index is 800. The van der Waals surface area contributed by atoms with Gasteiger partial charge in [0.25, 0.3) is 5.91 Å². The van der Waals surface area contributed by atoms with E-state index in [2.05, 4.69) is 12.1 Å². The fraction of sp³-hybridized carbons (Fsp3) is 0.476. The van der Waals surface area contributed by atoms with Crippen molar-refractivity contribution in [3.63, 3.8) is 0 Å². The molecule has 0 bridgehead atoms. The smallest absolute Gasteiger partial charge is 0.259 e. The maximum Gasteiger partial charge on any atom is 0.259 e. The second kappa shape index (κ2) is 8.37. The first kappa shape index (κ1) is 19.1. The molecule has 0 saturated carbocycles. The van der Waals surface area contributed by atoms with E-state index in [4.69, 9.17) is 4.52 Å². The summed E-state index contributed by atoms with van der Waals surface area (Å²) in [6.45, 7) is 7.31. The molecule has 2 amide bonds. The van der Waals surface area contributed by atoms with Crippen LogP contribution in [0.5, 0.6) is 0 Å². The van der Waals surface area contributed by atoms with Crippen LogP contribution in [-0.2, 0) is 17.8 Å². The highest BCUT2D eigenvalue weighted by Crippen LogP contribution is 2.22. The number of carbonyl (C=O) groups excluding carboxylic acids is 2. The Hall–Kier alpha value is -2.63. The average Bonchev–Trinajstić information content (AvgIpc) is 2.99. The van der Waals surface area contributed by atoms with Gasteiger partial charge >= 0.3 is 0 Å². The van der Waals surface area contributed by atoms with Crippen LogP contribution < -0.4 is 0 Å². The highest BCUT2D eigenvalue weighted by atomic mass is 16.5. The Balaban J connectivity index is 1.82. The van der Waals surface area contributed by atoms with E-state index >= 15 is 0 Å². The molecular formula is C21H27N3O3. The van der Waals surface area contributed by atoms with E-state index in [1.165, 1.54) is 0 Å². The molecule has 0 N–H and O–H groups in total. The Morgan fingerprint density at radius 1 is 1.26 bits per heavy atom. The first-order valence-electron chi connectivity index (χ1n) is 9.62. The summed E-state index contributed by atoms with van der Waals surface area (Å²) in [5.74, 6) is 0.554. The predicted octanol–water partition coefficient (Wildman–Crippen LogP) is 3.20. The van der Waals surface area contributed by atoms with Crippen molar-refractivity contribution in [3.8, 4) is 0 Å². The van der Waals surface area contributed by atoms with Crippen LogP contribution in [0.2, 0.25) is 0 Å². The molecule has 1 unspecified atom stereocenters. The molecule has 6 nitrogen and oxygen atoms in total. The van der Waals surface area contributed by atoms with Gasteiger partial charge in [-0.05, 0) is 25.3 Å². The number of hydrogen-bond acceptors (Lipinski definition) is 4. The van der Waals surface area contributed by atoms with Crippen molar-refractivity contribution < 1.29 is 14.1 Å². The lowest BCUT2D eigenvalue weighted by Crippen LogP contribution is -2.44. The molecule has 3 rings (SSSR count). The van der Waals surface area contributed by atoms with Gasteiger partial charge in [-0.15, -0.1) is 0 Å². The molecule has 2 aromatic rings. The third-order valence-corrected chi connectivity index (χ3v) is 5.22. The van der Waals surface area contributed by atoms with Gasteiger partial charge in [0.15, 0.2) is 0 Å². The van der Waals surface area contributed by atoms with Crippen molar-refractivity contribution in [3.05, 3.63) is 52.9 Å². The zero-order valence-electron chi connectivity index (χ0n) is 16.3. The standard InChI is InChI=1S/C21H27N3O3/c1-4-17-14-23(21(26)20-15(3)27-22-18(20)5-2)12-11-19(25)24(17)13-16-9-7-6-8-10-16/h6-10,17H,4-5,11-14H2,1-3H3. The molecule has 1 aromatic heterocycles. The lowest BCUT2D eigenvalue weighted by atomic mass is 10.1. The van der Waals surface area contributed by atoms with Gasteiger partial charge < -0.3 is 14.3 Å². The minimum Gasteiger partial charge on any atom is -0.361 e. The van der Waals surface area contributed by atoms with Gasteiger partial charge in [-0.3, -0.25) is 9.59 Å². The Morgan fingerprint density at radius 3 is 2.67 bits per heavy atom. The number of amides is 2.